The molecule has 0 aromatic heterocycles. The number of carbonyl (C=O) groups is 1. The third kappa shape index (κ3) is 5.74. The normalized spacial score (nSPS) is 22.2. The summed E-state index contributed by atoms with van der Waals surface area (Å²) in [5.41, 5.74) is 1.58. The molecular weight excluding hydrogens is 479 g/mol. The van der Waals surface area contributed by atoms with Crippen LogP contribution in [0.2, 0.25) is 10.0 Å². The van der Waals surface area contributed by atoms with Gasteiger partial charge in [0.05, 0.1) is 22.5 Å². The fourth-order valence-corrected chi connectivity index (χ4v) is 5.32. The van der Waals surface area contributed by atoms with E-state index in [1.807, 2.05) is 12.2 Å². The quantitative estimate of drug-likeness (QED) is 0.591. The van der Waals surface area contributed by atoms with Gasteiger partial charge in [0.15, 0.2) is 14.9 Å². The molecule has 1 fully saturated rings. The zero-order valence-corrected chi connectivity index (χ0v) is 19.9. The number of benzene rings is 1. The summed E-state index contributed by atoms with van der Waals surface area (Å²) in [6.07, 6.45) is 9.94. The molecule has 2 unspecified atom stereocenters. The maximum absolute atomic E-state index is 12.0. The molecule has 0 saturated carbocycles. The number of carboxylic acid groups (broad SMARTS) is 1. The van der Waals surface area contributed by atoms with E-state index in [4.69, 9.17) is 28.3 Å². The molecule has 1 aromatic carbocycles. The molecular formula is C21H22Cl2N2O4S2. The number of thiol groups is 1. The number of piperidine rings is 1. The van der Waals surface area contributed by atoms with Gasteiger partial charge in [-0.3, -0.25) is 4.79 Å². The highest BCUT2D eigenvalue weighted by Crippen LogP contribution is 2.41. The van der Waals surface area contributed by atoms with Crippen LogP contribution < -0.4 is 0 Å². The Kier molecular flexibility index (Phi) is 7.57. The number of fused-ring (bicyclic) bond motifs is 3. The zero-order chi connectivity index (χ0) is 22.8. The zero-order valence-electron chi connectivity index (χ0n) is 16.7. The van der Waals surface area contributed by atoms with E-state index < -0.39 is 15.8 Å². The lowest BCUT2D eigenvalue weighted by Gasteiger charge is -2.36. The molecule has 6 nitrogen and oxygen atoms in total. The summed E-state index contributed by atoms with van der Waals surface area (Å²) in [5.74, 6) is -0.894. The van der Waals surface area contributed by atoms with Crippen molar-refractivity contribution in [3.63, 3.8) is 0 Å². The van der Waals surface area contributed by atoms with Gasteiger partial charge in [-0.25, -0.2) is 13.4 Å². The van der Waals surface area contributed by atoms with E-state index in [2.05, 4.69) is 22.5 Å². The van der Waals surface area contributed by atoms with Gasteiger partial charge in [-0.05, 0) is 43.2 Å². The monoisotopic (exact) mass is 500 g/mol. The second-order valence-corrected chi connectivity index (χ2v) is 10.7. The van der Waals surface area contributed by atoms with Crippen molar-refractivity contribution in [2.75, 3.05) is 12.8 Å². The highest BCUT2D eigenvalue weighted by atomic mass is 35.5. The largest absolute Gasteiger partial charge is 0.481 e. The molecule has 0 aliphatic carbocycles. The van der Waals surface area contributed by atoms with Gasteiger partial charge in [0.1, 0.15) is 0 Å². The Balaban J connectivity index is 0.000000254. The minimum atomic E-state index is -3.43. The highest BCUT2D eigenvalue weighted by Gasteiger charge is 2.38. The van der Waals surface area contributed by atoms with Crippen molar-refractivity contribution in [2.24, 2.45) is 10.9 Å². The van der Waals surface area contributed by atoms with E-state index in [9.17, 15) is 13.2 Å². The maximum Gasteiger partial charge on any atom is 0.304 e. The van der Waals surface area contributed by atoms with Gasteiger partial charge in [0.2, 0.25) is 0 Å². The molecule has 1 N–H and O–H groups in total. The van der Waals surface area contributed by atoms with Crippen LogP contribution in [0.15, 0.2) is 62.6 Å². The van der Waals surface area contributed by atoms with Crippen molar-refractivity contribution < 1.29 is 18.3 Å². The number of aliphatic carboxylic acids is 1. The van der Waals surface area contributed by atoms with Crippen molar-refractivity contribution >= 4 is 57.9 Å². The summed E-state index contributed by atoms with van der Waals surface area (Å²) in [6, 6.07) is 5.04. The molecule has 2 atom stereocenters. The average molecular weight is 501 g/mol. The first kappa shape index (κ1) is 23.9. The van der Waals surface area contributed by atoms with Crippen LogP contribution in [0, 0.1) is 5.92 Å². The summed E-state index contributed by atoms with van der Waals surface area (Å²) < 4.78 is 24.0. The van der Waals surface area contributed by atoms with Crippen LogP contribution in [0.3, 0.4) is 0 Å². The van der Waals surface area contributed by atoms with E-state index in [0.29, 0.717) is 15.6 Å². The summed E-state index contributed by atoms with van der Waals surface area (Å²) >= 11 is 15.3. The fraction of sp³-hybridized carbons (Fsp3) is 0.333. The van der Waals surface area contributed by atoms with Gasteiger partial charge >= 0.3 is 5.97 Å². The smallest absolute Gasteiger partial charge is 0.304 e. The van der Waals surface area contributed by atoms with Gasteiger partial charge in [0.25, 0.3) is 0 Å². The van der Waals surface area contributed by atoms with Gasteiger partial charge in [-0.2, -0.15) is 0 Å². The van der Waals surface area contributed by atoms with E-state index >= 15 is 0 Å². The van der Waals surface area contributed by atoms with Crippen molar-refractivity contribution in [2.45, 2.75) is 30.2 Å². The van der Waals surface area contributed by atoms with E-state index in [0.717, 1.165) is 36.2 Å². The van der Waals surface area contributed by atoms with E-state index in [1.165, 1.54) is 6.21 Å². The Morgan fingerprint density at radius 3 is 2.68 bits per heavy atom. The van der Waals surface area contributed by atoms with Crippen LogP contribution in [0.1, 0.15) is 19.3 Å². The molecule has 0 amide bonds. The van der Waals surface area contributed by atoms with Crippen molar-refractivity contribution in [3.8, 4) is 0 Å². The predicted molar refractivity (Wildman–Crippen MR) is 127 cm³/mol. The highest BCUT2D eigenvalue weighted by molar-refractivity contribution is 7.94. The SMILES string of the molecule is CS(=O)(=O)C1=C2C=C3C(CC(=O)O)CCCN3C2C=CC=N1.Sc1ccc(Cl)c(Cl)c1. The Morgan fingerprint density at radius 2 is 2.06 bits per heavy atom. The first-order valence-corrected chi connectivity index (χ1v) is 12.7. The molecule has 4 rings (SSSR count). The molecule has 3 heterocycles. The molecule has 3 aliphatic heterocycles. The molecule has 10 heteroatoms. The van der Waals surface area contributed by atoms with Crippen LogP contribution in [-0.4, -0.2) is 49.5 Å². The fourth-order valence-electron chi connectivity index (χ4n) is 3.88. The van der Waals surface area contributed by atoms with Gasteiger partial charge in [-0.1, -0.05) is 29.3 Å². The first-order valence-electron chi connectivity index (χ1n) is 9.57. The minimum absolute atomic E-state index is 0.0659. The number of carboxylic acids is 1. The summed E-state index contributed by atoms with van der Waals surface area (Å²) in [5, 5.41) is 10.3. The second-order valence-electron chi connectivity index (χ2n) is 7.44. The lowest BCUT2D eigenvalue weighted by Crippen LogP contribution is -2.37. The Morgan fingerprint density at radius 1 is 1.32 bits per heavy atom. The van der Waals surface area contributed by atoms with Gasteiger partial charge < -0.3 is 10.0 Å². The Labute approximate surface area is 197 Å². The number of hydrogen-bond donors (Lipinski definition) is 2. The lowest BCUT2D eigenvalue weighted by atomic mass is 9.91. The molecule has 1 saturated heterocycles. The van der Waals surface area contributed by atoms with Crippen LogP contribution in [-0.2, 0) is 14.6 Å². The third-order valence-corrected chi connectivity index (χ3v) is 7.21. The summed E-state index contributed by atoms with van der Waals surface area (Å²) in [4.78, 5) is 18.1. The number of rotatable bonds is 3. The van der Waals surface area contributed by atoms with Crippen LogP contribution >= 0.6 is 35.8 Å². The van der Waals surface area contributed by atoms with Gasteiger partial charge in [0, 0.05) is 41.1 Å². The summed E-state index contributed by atoms with van der Waals surface area (Å²) in [6.45, 7) is 0.803. The predicted octanol–water partition coefficient (Wildman–Crippen LogP) is 4.62. The number of nitrogens with zero attached hydrogens (tertiary/aromatic N) is 2. The average Bonchev–Trinajstić information content (AvgIpc) is 2.89. The number of halogens is 2. The standard InChI is InChI=1S/C15H18N2O4S.C6H4Cl2S/c1-22(20,21)15-11-9-13-10(8-14(18)19)4-3-7-17(13)12(11)5-2-6-16-15;7-5-2-1-4(9)3-6(5)8/h2,5-6,9-10,12H,3-4,7-8H2,1H3,(H,18,19);1-3,9H. The van der Waals surface area contributed by atoms with Crippen LogP contribution in [0.5, 0.6) is 0 Å². The number of allylic oxidation sites excluding steroid dienone is 2. The number of hydrogen-bond acceptors (Lipinski definition) is 6. The Hall–Kier alpha value is -1.74. The molecule has 1 aromatic rings. The van der Waals surface area contributed by atoms with E-state index in [-0.39, 0.29) is 23.4 Å². The van der Waals surface area contributed by atoms with Crippen LogP contribution in [0.25, 0.3) is 0 Å². The van der Waals surface area contributed by atoms with E-state index in [1.54, 1.807) is 24.3 Å². The molecule has 31 heavy (non-hydrogen) atoms. The minimum Gasteiger partial charge on any atom is -0.481 e. The number of aliphatic imine (C=N–C) groups is 1. The van der Waals surface area contributed by atoms with Gasteiger partial charge in [-0.15, -0.1) is 12.6 Å². The summed E-state index contributed by atoms with van der Waals surface area (Å²) in [7, 11) is -3.43. The van der Waals surface area contributed by atoms with Crippen molar-refractivity contribution in [1.29, 1.82) is 0 Å². The maximum atomic E-state index is 12.0. The number of sulfone groups is 1. The van der Waals surface area contributed by atoms with Crippen molar-refractivity contribution in [1.82, 2.24) is 4.90 Å². The van der Waals surface area contributed by atoms with Crippen molar-refractivity contribution in [3.05, 3.63) is 62.8 Å². The lowest BCUT2D eigenvalue weighted by molar-refractivity contribution is -0.138. The van der Waals surface area contributed by atoms with Crippen LogP contribution in [0.4, 0.5) is 0 Å². The Bertz CT molecular complexity index is 1110. The molecule has 3 aliphatic rings. The molecule has 0 bridgehead atoms. The molecule has 0 spiro atoms. The molecule has 166 valence electrons. The third-order valence-electron chi connectivity index (χ3n) is 5.15. The topological polar surface area (TPSA) is 87.0 Å². The first-order chi connectivity index (χ1) is 14.6. The molecule has 0 radical (unpaired) electrons. The second kappa shape index (κ2) is 9.81.